The Morgan fingerprint density at radius 3 is 2.43 bits per heavy atom. The molecule has 0 aromatic rings. The zero-order chi connectivity index (χ0) is 11.1. The number of hydrogen-bond acceptors (Lipinski definition) is 3. The summed E-state index contributed by atoms with van der Waals surface area (Å²) in [6, 6.07) is 0. The lowest BCUT2D eigenvalue weighted by molar-refractivity contribution is -0.125. The summed E-state index contributed by atoms with van der Waals surface area (Å²) in [5.41, 5.74) is 2.07. The van der Waals surface area contributed by atoms with Crippen molar-refractivity contribution in [3.05, 3.63) is 0 Å². The zero-order valence-corrected chi connectivity index (χ0v) is 7.72. The normalized spacial score (nSPS) is 27.8. The van der Waals surface area contributed by atoms with E-state index in [9.17, 15) is 18.0 Å². The number of nitrogens with two attached hydrogens (primary N) is 1. The predicted molar refractivity (Wildman–Crippen MR) is 43.4 cm³/mol. The van der Waals surface area contributed by atoms with Crippen molar-refractivity contribution in [2.75, 3.05) is 13.6 Å². The van der Waals surface area contributed by atoms with E-state index in [1.807, 2.05) is 0 Å². The fourth-order valence-electron chi connectivity index (χ4n) is 1.41. The number of rotatable bonds is 1. The number of hydrazone groups is 1. The molecule has 1 unspecified atom stereocenters. The number of amides is 1. The number of primary amides is 1. The third-order valence-electron chi connectivity index (χ3n) is 2.15. The average Bonchev–Trinajstić information content (AvgIpc) is 2.26. The van der Waals surface area contributed by atoms with Crippen LogP contribution >= 0.6 is 0 Å². The molecule has 2 N–H and O–H groups in total. The minimum atomic E-state index is -4.62. The fraction of sp³-hybridized carbons (Fsp3) is 0.714. The molecule has 1 aliphatic rings. The van der Waals surface area contributed by atoms with Crippen molar-refractivity contribution in [3.63, 3.8) is 0 Å². The van der Waals surface area contributed by atoms with E-state index in [1.165, 1.54) is 7.05 Å². The van der Waals surface area contributed by atoms with Gasteiger partial charge in [-0.1, -0.05) is 0 Å². The van der Waals surface area contributed by atoms with Crippen molar-refractivity contribution in [1.29, 1.82) is 0 Å². The standard InChI is InChI=1S/C7H10F3N3O/c1-6(5(11)14)3-13(2)12-4(6)7(8,9)10/h3H2,1-2H3,(H2,11,14). The summed E-state index contributed by atoms with van der Waals surface area (Å²) >= 11 is 0. The first-order chi connectivity index (χ1) is 6.18. The summed E-state index contributed by atoms with van der Waals surface area (Å²) in [6.07, 6.45) is -4.62. The third kappa shape index (κ3) is 1.53. The molecule has 0 saturated carbocycles. The molecular formula is C7H10F3N3O. The van der Waals surface area contributed by atoms with Crippen molar-refractivity contribution in [2.24, 2.45) is 16.3 Å². The van der Waals surface area contributed by atoms with Crippen LogP contribution < -0.4 is 5.73 Å². The van der Waals surface area contributed by atoms with Gasteiger partial charge in [-0.2, -0.15) is 18.3 Å². The molecule has 0 aromatic carbocycles. The van der Waals surface area contributed by atoms with Crippen LogP contribution in [0, 0.1) is 5.41 Å². The molecule has 14 heavy (non-hydrogen) atoms. The van der Waals surface area contributed by atoms with Crippen molar-refractivity contribution >= 4 is 11.6 Å². The molecule has 1 aliphatic heterocycles. The van der Waals surface area contributed by atoms with Crippen molar-refractivity contribution < 1.29 is 18.0 Å². The summed E-state index contributed by atoms with van der Waals surface area (Å²) in [6.45, 7) is 1.00. The molecule has 0 fully saturated rings. The minimum Gasteiger partial charge on any atom is -0.369 e. The van der Waals surface area contributed by atoms with Crippen molar-refractivity contribution in [1.82, 2.24) is 5.01 Å². The van der Waals surface area contributed by atoms with E-state index in [0.29, 0.717) is 0 Å². The van der Waals surface area contributed by atoms with Crippen molar-refractivity contribution in [3.8, 4) is 0 Å². The van der Waals surface area contributed by atoms with Gasteiger partial charge in [0.25, 0.3) is 0 Å². The monoisotopic (exact) mass is 209 g/mol. The molecule has 0 bridgehead atoms. The van der Waals surface area contributed by atoms with Crippen LogP contribution in [0.4, 0.5) is 13.2 Å². The maximum Gasteiger partial charge on any atom is 0.432 e. The smallest absolute Gasteiger partial charge is 0.369 e. The number of alkyl halides is 3. The number of nitrogens with zero attached hydrogens (tertiary/aromatic N) is 2. The Hall–Kier alpha value is -1.27. The van der Waals surface area contributed by atoms with Crippen molar-refractivity contribution in [2.45, 2.75) is 13.1 Å². The molecule has 0 radical (unpaired) electrons. The lowest BCUT2D eigenvalue weighted by Crippen LogP contribution is -2.48. The van der Waals surface area contributed by atoms with Crippen LogP contribution in [0.15, 0.2) is 5.10 Å². The largest absolute Gasteiger partial charge is 0.432 e. The first-order valence-corrected chi connectivity index (χ1v) is 3.85. The van der Waals surface area contributed by atoms with Gasteiger partial charge in [0.15, 0.2) is 5.71 Å². The second-order valence-corrected chi connectivity index (χ2v) is 3.46. The van der Waals surface area contributed by atoms with Gasteiger partial charge in [-0.25, -0.2) is 0 Å². The molecule has 1 amide bonds. The topological polar surface area (TPSA) is 58.7 Å². The first kappa shape index (κ1) is 10.8. The highest BCUT2D eigenvalue weighted by Crippen LogP contribution is 2.35. The Balaban J connectivity index is 3.13. The second kappa shape index (κ2) is 2.86. The molecule has 0 saturated heterocycles. The van der Waals surface area contributed by atoms with Gasteiger partial charge in [0.2, 0.25) is 5.91 Å². The quantitative estimate of drug-likeness (QED) is 0.677. The Morgan fingerprint density at radius 2 is 2.14 bits per heavy atom. The number of halogens is 3. The van der Waals surface area contributed by atoms with Gasteiger partial charge in [0, 0.05) is 7.05 Å². The van der Waals surface area contributed by atoms with Crippen LogP contribution in [0.5, 0.6) is 0 Å². The lowest BCUT2D eigenvalue weighted by Gasteiger charge is -2.22. The molecule has 7 heteroatoms. The summed E-state index contributed by atoms with van der Waals surface area (Å²) in [5.74, 6) is -1.02. The first-order valence-electron chi connectivity index (χ1n) is 3.85. The van der Waals surface area contributed by atoms with Crippen LogP contribution in [0.2, 0.25) is 0 Å². The maximum atomic E-state index is 12.4. The highest BCUT2D eigenvalue weighted by Gasteiger charge is 2.55. The van der Waals surface area contributed by atoms with E-state index in [0.717, 1.165) is 11.9 Å². The molecule has 4 nitrogen and oxygen atoms in total. The van der Waals surface area contributed by atoms with Gasteiger partial charge in [-0.15, -0.1) is 0 Å². The van der Waals surface area contributed by atoms with Gasteiger partial charge in [0.05, 0.1) is 6.54 Å². The van der Waals surface area contributed by atoms with Crippen LogP contribution in [-0.4, -0.2) is 36.4 Å². The van der Waals surface area contributed by atoms with E-state index in [4.69, 9.17) is 5.73 Å². The van der Waals surface area contributed by atoms with Gasteiger partial charge < -0.3 is 5.73 Å². The highest BCUT2D eigenvalue weighted by molar-refractivity contribution is 6.11. The average molecular weight is 209 g/mol. The molecule has 1 atom stereocenters. The summed E-state index contributed by atoms with van der Waals surface area (Å²) in [4.78, 5) is 10.9. The van der Waals surface area contributed by atoms with E-state index >= 15 is 0 Å². The van der Waals surface area contributed by atoms with Gasteiger partial charge in [-0.05, 0) is 6.92 Å². The number of hydrogen-bond donors (Lipinski definition) is 1. The molecule has 80 valence electrons. The zero-order valence-electron chi connectivity index (χ0n) is 7.72. The van der Waals surface area contributed by atoms with Crippen LogP contribution in [0.3, 0.4) is 0 Å². The lowest BCUT2D eigenvalue weighted by atomic mass is 9.84. The SMILES string of the molecule is CN1CC(C)(C(N)=O)C(C(F)(F)F)=N1. The second-order valence-electron chi connectivity index (χ2n) is 3.46. The van der Waals surface area contributed by atoms with E-state index in [1.54, 1.807) is 0 Å². The summed E-state index contributed by atoms with van der Waals surface area (Å²) in [7, 11) is 1.36. The van der Waals surface area contributed by atoms with Gasteiger partial charge >= 0.3 is 6.18 Å². The number of carbonyl (C=O) groups excluding carboxylic acids is 1. The Bertz CT molecular complexity index is 299. The van der Waals surface area contributed by atoms with Crippen LogP contribution in [0.25, 0.3) is 0 Å². The Kier molecular flexibility index (Phi) is 2.21. The summed E-state index contributed by atoms with van der Waals surface area (Å²) < 4.78 is 37.3. The molecular weight excluding hydrogens is 199 g/mol. The van der Waals surface area contributed by atoms with E-state index in [2.05, 4.69) is 5.10 Å². The molecule has 0 aliphatic carbocycles. The van der Waals surface area contributed by atoms with Gasteiger partial charge in [0.1, 0.15) is 5.41 Å². The van der Waals surface area contributed by atoms with E-state index in [-0.39, 0.29) is 6.54 Å². The Morgan fingerprint density at radius 1 is 1.64 bits per heavy atom. The Labute approximate surface area is 78.5 Å². The molecule has 1 rings (SSSR count). The highest BCUT2D eigenvalue weighted by atomic mass is 19.4. The maximum absolute atomic E-state index is 12.4. The predicted octanol–water partition coefficient (Wildman–Crippen LogP) is 0.342. The minimum absolute atomic E-state index is 0.142. The van der Waals surface area contributed by atoms with Crippen LogP contribution in [-0.2, 0) is 4.79 Å². The molecule has 1 heterocycles. The third-order valence-corrected chi connectivity index (χ3v) is 2.15. The van der Waals surface area contributed by atoms with Gasteiger partial charge in [-0.3, -0.25) is 9.80 Å². The fourth-order valence-corrected chi connectivity index (χ4v) is 1.41. The molecule has 0 spiro atoms. The number of carbonyl (C=O) groups is 1. The van der Waals surface area contributed by atoms with Crippen LogP contribution in [0.1, 0.15) is 6.92 Å². The molecule has 0 aromatic heterocycles. The van der Waals surface area contributed by atoms with E-state index < -0.39 is 23.2 Å². The summed E-state index contributed by atoms with van der Waals surface area (Å²) in [5, 5.41) is 4.32.